The number of hydrogen-bond acceptors (Lipinski definition) is 4. The highest BCUT2D eigenvalue weighted by molar-refractivity contribution is 5.81. The lowest BCUT2D eigenvalue weighted by molar-refractivity contribution is 0.0263. The minimum atomic E-state index is -0.472. The third-order valence-electron chi connectivity index (χ3n) is 4.19. The third-order valence-corrected chi connectivity index (χ3v) is 4.19. The lowest BCUT2D eigenvalue weighted by Gasteiger charge is -2.26. The van der Waals surface area contributed by atoms with Crippen LogP contribution in [0.1, 0.15) is 27.2 Å². The summed E-state index contributed by atoms with van der Waals surface area (Å²) in [5.41, 5.74) is 1.52. The highest BCUT2D eigenvalue weighted by atomic mass is 16.6. The van der Waals surface area contributed by atoms with E-state index in [0.717, 1.165) is 36.5 Å². The fourth-order valence-electron chi connectivity index (χ4n) is 3.06. The number of amides is 1. The molecular formula is C19H26N4O2. The zero-order valence-corrected chi connectivity index (χ0v) is 15.2. The molecule has 0 spiro atoms. The van der Waals surface area contributed by atoms with Gasteiger partial charge in [-0.2, -0.15) is 0 Å². The zero-order chi connectivity index (χ0) is 18.0. The number of benzene rings is 1. The normalized spacial score (nSPS) is 16.0. The predicted octanol–water partition coefficient (Wildman–Crippen LogP) is 3.58. The van der Waals surface area contributed by atoms with Crippen LogP contribution in [0.25, 0.3) is 17.2 Å². The maximum atomic E-state index is 12.3. The molecule has 1 saturated heterocycles. The van der Waals surface area contributed by atoms with Crippen LogP contribution in [-0.4, -0.2) is 52.3 Å². The van der Waals surface area contributed by atoms with Gasteiger partial charge in [0, 0.05) is 32.4 Å². The van der Waals surface area contributed by atoms with Crippen LogP contribution in [0.3, 0.4) is 0 Å². The van der Waals surface area contributed by atoms with Gasteiger partial charge in [-0.1, -0.05) is 18.7 Å². The van der Waals surface area contributed by atoms with Crippen molar-refractivity contribution in [3.63, 3.8) is 0 Å². The summed E-state index contributed by atoms with van der Waals surface area (Å²) in [5.74, 6) is 0.877. The van der Waals surface area contributed by atoms with Gasteiger partial charge in [0.25, 0.3) is 0 Å². The topological polar surface area (TPSA) is 50.6 Å². The van der Waals surface area contributed by atoms with Crippen LogP contribution in [0.5, 0.6) is 0 Å². The van der Waals surface area contributed by atoms with Crippen molar-refractivity contribution < 1.29 is 9.53 Å². The van der Waals surface area contributed by atoms with Gasteiger partial charge >= 0.3 is 6.09 Å². The molecule has 1 aliphatic rings. The number of carbonyl (C=O) groups is 1. The molecule has 0 unspecified atom stereocenters. The number of ether oxygens (including phenoxy) is 1. The number of anilines is 1. The van der Waals surface area contributed by atoms with Crippen molar-refractivity contribution in [1.29, 1.82) is 0 Å². The van der Waals surface area contributed by atoms with Gasteiger partial charge in [-0.05, 0) is 39.3 Å². The Morgan fingerprint density at radius 1 is 1.20 bits per heavy atom. The Kier molecular flexibility index (Phi) is 4.70. The standard InChI is InChI=1S/C19H26N4O2/c1-5-23-16-10-7-6-9-15(16)20-17(23)21-11-8-12-22(14-13-21)18(24)25-19(2,3)4/h5-7,9-10H,1,8,11-14H2,2-4H3. The van der Waals surface area contributed by atoms with Gasteiger partial charge in [0.1, 0.15) is 5.60 Å². The molecule has 0 saturated carbocycles. The Labute approximate surface area is 148 Å². The summed E-state index contributed by atoms with van der Waals surface area (Å²) < 4.78 is 7.51. The number of nitrogens with zero attached hydrogens (tertiary/aromatic N) is 4. The molecular weight excluding hydrogens is 316 g/mol. The Morgan fingerprint density at radius 3 is 2.68 bits per heavy atom. The first-order valence-corrected chi connectivity index (χ1v) is 8.71. The molecule has 1 fully saturated rings. The molecule has 0 radical (unpaired) electrons. The second-order valence-electron chi connectivity index (χ2n) is 7.26. The molecule has 2 aromatic rings. The summed E-state index contributed by atoms with van der Waals surface area (Å²) in [7, 11) is 0. The van der Waals surface area contributed by atoms with Crippen molar-refractivity contribution in [3.8, 4) is 0 Å². The average Bonchev–Trinajstić information content (AvgIpc) is 2.74. The molecule has 25 heavy (non-hydrogen) atoms. The van der Waals surface area contributed by atoms with E-state index in [1.807, 2.05) is 49.6 Å². The molecule has 1 aliphatic heterocycles. The van der Waals surface area contributed by atoms with Gasteiger partial charge in [0.2, 0.25) is 5.95 Å². The molecule has 0 aliphatic carbocycles. The van der Waals surface area contributed by atoms with Gasteiger partial charge in [-0.15, -0.1) is 0 Å². The van der Waals surface area contributed by atoms with Crippen LogP contribution >= 0.6 is 0 Å². The second kappa shape index (κ2) is 6.78. The first kappa shape index (κ1) is 17.3. The van der Waals surface area contributed by atoms with Crippen molar-refractivity contribution in [3.05, 3.63) is 30.8 Å². The van der Waals surface area contributed by atoms with Crippen LogP contribution in [0.4, 0.5) is 10.7 Å². The first-order chi connectivity index (χ1) is 11.9. The number of carbonyl (C=O) groups excluding carboxylic acids is 1. The van der Waals surface area contributed by atoms with Gasteiger partial charge in [-0.3, -0.25) is 4.57 Å². The van der Waals surface area contributed by atoms with Gasteiger partial charge in [0.05, 0.1) is 11.0 Å². The highest BCUT2D eigenvalue weighted by Gasteiger charge is 2.26. The van der Waals surface area contributed by atoms with Crippen LogP contribution in [0, 0.1) is 0 Å². The fourth-order valence-corrected chi connectivity index (χ4v) is 3.06. The molecule has 1 amide bonds. The number of para-hydroxylation sites is 2. The molecule has 0 atom stereocenters. The summed E-state index contributed by atoms with van der Waals surface area (Å²) >= 11 is 0. The van der Waals surface area contributed by atoms with E-state index in [1.165, 1.54) is 0 Å². The van der Waals surface area contributed by atoms with E-state index in [1.54, 1.807) is 11.1 Å². The van der Waals surface area contributed by atoms with Crippen molar-refractivity contribution in [2.45, 2.75) is 32.8 Å². The molecule has 134 valence electrons. The molecule has 3 rings (SSSR count). The summed E-state index contributed by atoms with van der Waals surface area (Å²) in [6, 6.07) is 8.03. The van der Waals surface area contributed by atoms with Crippen LogP contribution in [0.2, 0.25) is 0 Å². The number of rotatable bonds is 2. The van der Waals surface area contributed by atoms with E-state index in [-0.39, 0.29) is 6.09 Å². The molecule has 1 aromatic heterocycles. The van der Waals surface area contributed by atoms with Gasteiger partial charge < -0.3 is 14.5 Å². The number of aromatic nitrogens is 2. The Balaban J connectivity index is 1.78. The van der Waals surface area contributed by atoms with E-state index in [4.69, 9.17) is 9.72 Å². The van der Waals surface area contributed by atoms with Crippen LogP contribution in [0.15, 0.2) is 30.8 Å². The molecule has 2 heterocycles. The largest absolute Gasteiger partial charge is 0.444 e. The third kappa shape index (κ3) is 3.78. The Hall–Kier alpha value is -2.50. The van der Waals surface area contributed by atoms with Crippen molar-refractivity contribution in [2.75, 3.05) is 31.1 Å². The van der Waals surface area contributed by atoms with Gasteiger partial charge in [-0.25, -0.2) is 9.78 Å². The Morgan fingerprint density at radius 2 is 1.96 bits per heavy atom. The zero-order valence-electron chi connectivity index (χ0n) is 15.2. The lowest BCUT2D eigenvalue weighted by atomic mass is 10.2. The van der Waals surface area contributed by atoms with E-state index in [2.05, 4.69) is 11.5 Å². The summed E-state index contributed by atoms with van der Waals surface area (Å²) in [5, 5.41) is 0. The van der Waals surface area contributed by atoms with Crippen LogP contribution < -0.4 is 4.90 Å². The minimum Gasteiger partial charge on any atom is -0.444 e. The van der Waals surface area contributed by atoms with E-state index in [9.17, 15) is 4.79 Å². The summed E-state index contributed by atoms with van der Waals surface area (Å²) in [4.78, 5) is 21.1. The van der Waals surface area contributed by atoms with Crippen molar-refractivity contribution in [2.24, 2.45) is 0 Å². The lowest BCUT2D eigenvalue weighted by Crippen LogP contribution is -2.39. The van der Waals surface area contributed by atoms with Gasteiger partial charge in [0.15, 0.2) is 0 Å². The first-order valence-electron chi connectivity index (χ1n) is 8.71. The number of imidazole rings is 1. The maximum Gasteiger partial charge on any atom is 0.410 e. The average molecular weight is 342 g/mol. The van der Waals surface area contributed by atoms with Crippen LogP contribution in [-0.2, 0) is 4.74 Å². The van der Waals surface area contributed by atoms with E-state index < -0.39 is 5.60 Å². The minimum absolute atomic E-state index is 0.244. The fraction of sp³-hybridized carbons (Fsp3) is 0.474. The monoisotopic (exact) mass is 342 g/mol. The smallest absolute Gasteiger partial charge is 0.410 e. The van der Waals surface area contributed by atoms with E-state index in [0.29, 0.717) is 13.1 Å². The second-order valence-corrected chi connectivity index (χ2v) is 7.26. The molecule has 0 N–H and O–H groups in total. The van der Waals surface area contributed by atoms with Crippen molar-refractivity contribution in [1.82, 2.24) is 14.5 Å². The molecule has 6 nitrogen and oxygen atoms in total. The number of fused-ring (bicyclic) bond motifs is 1. The molecule has 0 bridgehead atoms. The maximum absolute atomic E-state index is 12.3. The molecule has 6 heteroatoms. The summed E-state index contributed by atoms with van der Waals surface area (Å²) in [6.07, 6.45) is 2.42. The predicted molar refractivity (Wildman–Crippen MR) is 101 cm³/mol. The SMILES string of the molecule is C=Cn1c(N2CCCN(C(=O)OC(C)(C)C)CC2)nc2ccccc21. The summed E-state index contributed by atoms with van der Waals surface area (Å²) in [6.45, 7) is 12.5. The van der Waals surface area contributed by atoms with Crippen molar-refractivity contribution >= 4 is 29.3 Å². The molecule has 1 aromatic carbocycles. The Bertz CT molecular complexity index is 775. The van der Waals surface area contributed by atoms with E-state index >= 15 is 0 Å². The highest BCUT2D eigenvalue weighted by Crippen LogP contribution is 2.24. The number of hydrogen-bond donors (Lipinski definition) is 0. The quantitative estimate of drug-likeness (QED) is 0.837.